The summed E-state index contributed by atoms with van der Waals surface area (Å²) >= 11 is 0. The van der Waals surface area contributed by atoms with Crippen molar-refractivity contribution in [2.24, 2.45) is 0 Å². The summed E-state index contributed by atoms with van der Waals surface area (Å²) in [5.41, 5.74) is -7.15. The molecule has 0 aliphatic carbocycles. The maximum atomic E-state index is 10.2. The molecule has 0 amide bonds. The Balaban J connectivity index is 1.70. The standard InChI is InChI=1S/C46H30/c1-2-15-33(16-3-1)45-41-23-8-9-24-42(41)46(36-20-10-19-34(29-36)39-25-11-17-31-13-4-6-21-37(31)39)44-30-35(27-28-43(44)45)40-26-12-18-32-14-5-7-22-38(32)40/h1-30H/i1D,2D,3D,4D,5D,6D,7D,8D,9D,10D,11D,12D,13D,14D,15D,16D,17D,18D,19D,20D,21D,22D,23D,24D,25D,26D,27D,28D,29D,30D. The van der Waals surface area contributed by atoms with Gasteiger partial charge in [0.15, 0.2) is 0 Å². The molecular weight excluding hydrogens is 553 g/mol. The van der Waals surface area contributed by atoms with E-state index in [4.69, 9.17) is 27.4 Å². The fourth-order valence-electron chi connectivity index (χ4n) is 5.31. The van der Waals surface area contributed by atoms with Gasteiger partial charge in [0, 0.05) is 0 Å². The van der Waals surface area contributed by atoms with Crippen LogP contribution in [0.3, 0.4) is 0 Å². The van der Waals surface area contributed by atoms with E-state index in [1.165, 1.54) is 0 Å². The van der Waals surface area contributed by atoms with E-state index >= 15 is 0 Å². The largest absolute Gasteiger partial charge is 0.0636 e. The number of rotatable bonds is 4. The van der Waals surface area contributed by atoms with Crippen molar-refractivity contribution in [2.75, 3.05) is 0 Å². The van der Waals surface area contributed by atoms with E-state index in [-0.39, 0.29) is 0 Å². The number of hydrogen-bond acceptors (Lipinski definition) is 0. The van der Waals surface area contributed by atoms with Crippen LogP contribution in [0.2, 0.25) is 0 Å². The zero-order chi connectivity index (χ0) is 56.6. The summed E-state index contributed by atoms with van der Waals surface area (Å²) in [7, 11) is 0. The lowest BCUT2D eigenvalue weighted by molar-refractivity contribution is 1.62. The third kappa shape index (κ3) is 4.30. The van der Waals surface area contributed by atoms with Crippen LogP contribution >= 0.6 is 0 Å². The summed E-state index contributed by atoms with van der Waals surface area (Å²) in [5.74, 6) is 0. The third-order valence-electron chi connectivity index (χ3n) is 7.25. The molecule has 0 aliphatic rings. The highest BCUT2D eigenvalue weighted by atomic mass is 14.2. The second-order valence-corrected chi connectivity index (χ2v) is 9.75. The predicted molar refractivity (Wildman–Crippen MR) is 198 cm³/mol. The van der Waals surface area contributed by atoms with E-state index in [0.29, 0.717) is 0 Å². The van der Waals surface area contributed by atoms with Crippen molar-refractivity contribution in [2.45, 2.75) is 0 Å². The molecule has 9 aromatic rings. The average molecular weight is 613 g/mol. The van der Waals surface area contributed by atoms with Crippen LogP contribution in [0.15, 0.2) is 181 Å². The molecule has 0 unspecified atom stereocenters. The Bertz CT molecular complexity index is 4230. The first-order valence-corrected chi connectivity index (χ1v) is 13.5. The van der Waals surface area contributed by atoms with E-state index in [0.717, 1.165) is 0 Å². The fourth-order valence-corrected chi connectivity index (χ4v) is 5.31. The van der Waals surface area contributed by atoms with Crippen LogP contribution < -0.4 is 0 Å². The average Bonchev–Trinajstić information content (AvgIpc) is 3.40. The Morgan fingerprint density at radius 2 is 0.696 bits per heavy atom. The van der Waals surface area contributed by atoms with Gasteiger partial charge in [-0.3, -0.25) is 0 Å². The van der Waals surface area contributed by atoms with Gasteiger partial charge >= 0.3 is 0 Å². The Hall–Kier alpha value is -5.98. The van der Waals surface area contributed by atoms with E-state index in [2.05, 4.69) is 0 Å². The predicted octanol–water partition coefficient (Wildman–Crippen LogP) is 13.0. The molecule has 0 N–H and O–H groups in total. The van der Waals surface area contributed by atoms with Gasteiger partial charge in [0.1, 0.15) is 0 Å². The number of hydrogen-bond donors (Lipinski definition) is 0. The topological polar surface area (TPSA) is 0 Å². The molecule has 9 rings (SSSR count). The van der Waals surface area contributed by atoms with Crippen molar-refractivity contribution in [1.29, 1.82) is 0 Å². The SMILES string of the molecule is [2H]c1c([2H])c([2H])c(-c2c3c([2H])c([2H])c([2H])c([2H])c3c(-c3c([2H])c([2H])c([2H])c(-c4c([2H])c([2H])c([2H])c5c([2H])c([2H])c([2H])c([2H])c45)c3[2H])c3c([2H])c(-c4c([2H])c([2H])c([2H])c5c([2H])c([2H])c([2H])c([2H])c45)c([2H])c([2H])c23)c([2H])c1[2H]. The molecule has 46 heavy (non-hydrogen) atoms. The van der Waals surface area contributed by atoms with Gasteiger partial charge < -0.3 is 0 Å². The summed E-state index contributed by atoms with van der Waals surface area (Å²) in [6.07, 6.45) is 0. The molecule has 0 heterocycles. The summed E-state index contributed by atoms with van der Waals surface area (Å²) in [6, 6.07) is -30.6. The lowest BCUT2D eigenvalue weighted by Crippen LogP contribution is -1.92. The normalized spacial score (nSPS) is 20.6. The van der Waals surface area contributed by atoms with Crippen LogP contribution in [0.4, 0.5) is 0 Å². The smallest absolute Gasteiger partial charge is 0.0622 e. The minimum atomic E-state index is -1.17. The lowest BCUT2D eigenvalue weighted by atomic mass is 9.84. The molecule has 0 saturated heterocycles. The second kappa shape index (κ2) is 10.9. The molecule has 0 aromatic heterocycles. The van der Waals surface area contributed by atoms with E-state index in [1.54, 1.807) is 0 Å². The third-order valence-corrected chi connectivity index (χ3v) is 7.25. The van der Waals surface area contributed by atoms with Crippen molar-refractivity contribution in [3.05, 3.63) is 181 Å². The Labute approximate surface area is 311 Å². The van der Waals surface area contributed by atoms with Gasteiger partial charge in [0.25, 0.3) is 0 Å². The number of benzene rings is 9. The minimum absolute atomic E-state index is 0.666. The van der Waals surface area contributed by atoms with Crippen molar-refractivity contribution < 1.29 is 41.1 Å². The summed E-state index contributed by atoms with van der Waals surface area (Å²) in [6.45, 7) is 0. The van der Waals surface area contributed by atoms with Gasteiger partial charge in [0.05, 0.1) is 41.1 Å². The highest BCUT2D eigenvalue weighted by Crippen LogP contribution is 2.46. The highest BCUT2D eigenvalue weighted by Gasteiger charge is 2.18. The van der Waals surface area contributed by atoms with Gasteiger partial charge in [0.2, 0.25) is 0 Å². The molecule has 9 aromatic carbocycles. The molecule has 0 heteroatoms. The van der Waals surface area contributed by atoms with Crippen molar-refractivity contribution >= 4 is 43.1 Å². The van der Waals surface area contributed by atoms with Crippen molar-refractivity contribution in [1.82, 2.24) is 0 Å². The van der Waals surface area contributed by atoms with Gasteiger partial charge in [-0.25, -0.2) is 0 Å². The quantitative estimate of drug-likeness (QED) is 0.173. The van der Waals surface area contributed by atoms with Crippen LogP contribution in [-0.2, 0) is 0 Å². The van der Waals surface area contributed by atoms with Gasteiger partial charge in [-0.2, -0.15) is 0 Å². The molecular formula is C46H30. The molecule has 0 nitrogen and oxygen atoms in total. The second-order valence-electron chi connectivity index (χ2n) is 9.75. The van der Waals surface area contributed by atoms with E-state index < -0.39 is 269 Å². The summed E-state index contributed by atoms with van der Waals surface area (Å²) < 4.78 is 271. The molecule has 0 radical (unpaired) electrons. The molecule has 0 bridgehead atoms. The Morgan fingerprint density at radius 3 is 1.35 bits per heavy atom. The fraction of sp³-hybridized carbons (Fsp3) is 0. The van der Waals surface area contributed by atoms with Crippen LogP contribution in [0.25, 0.3) is 87.6 Å². The molecule has 0 aliphatic heterocycles. The molecule has 214 valence electrons. The lowest BCUT2D eigenvalue weighted by Gasteiger charge is -2.19. The van der Waals surface area contributed by atoms with E-state index in [1.807, 2.05) is 0 Å². The van der Waals surface area contributed by atoms with Crippen molar-refractivity contribution in [3.8, 4) is 44.5 Å². The first kappa shape index (κ1) is 10.0. The van der Waals surface area contributed by atoms with Crippen LogP contribution in [0, 0.1) is 0 Å². The number of fused-ring (bicyclic) bond motifs is 4. The monoisotopic (exact) mass is 612 g/mol. The highest BCUT2D eigenvalue weighted by molar-refractivity contribution is 6.22. The minimum Gasteiger partial charge on any atom is -0.0622 e. The first-order chi connectivity index (χ1) is 35.3. The Morgan fingerprint density at radius 1 is 0.261 bits per heavy atom. The van der Waals surface area contributed by atoms with Crippen molar-refractivity contribution in [3.63, 3.8) is 0 Å². The van der Waals surface area contributed by atoms with Gasteiger partial charge in [-0.05, 0) is 99.7 Å². The zero-order valence-electron chi connectivity index (χ0n) is 53.0. The molecule has 0 fully saturated rings. The Kier molecular flexibility index (Phi) is 2.37. The maximum absolute atomic E-state index is 10.2. The van der Waals surface area contributed by atoms with Gasteiger partial charge in [-0.1, -0.05) is 169 Å². The van der Waals surface area contributed by atoms with Crippen LogP contribution in [-0.4, -0.2) is 0 Å². The van der Waals surface area contributed by atoms with Gasteiger partial charge in [-0.15, -0.1) is 0 Å². The molecule has 0 atom stereocenters. The summed E-state index contributed by atoms with van der Waals surface area (Å²) in [4.78, 5) is 0. The summed E-state index contributed by atoms with van der Waals surface area (Å²) in [5, 5.41) is -6.25. The first-order valence-electron chi connectivity index (χ1n) is 28.5. The van der Waals surface area contributed by atoms with Crippen LogP contribution in [0.1, 0.15) is 41.1 Å². The molecule has 0 saturated carbocycles. The zero-order valence-corrected chi connectivity index (χ0v) is 23.0. The van der Waals surface area contributed by atoms with Crippen LogP contribution in [0.5, 0.6) is 0 Å². The molecule has 0 spiro atoms. The maximum Gasteiger partial charge on any atom is 0.0636 e. The van der Waals surface area contributed by atoms with E-state index in [9.17, 15) is 13.7 Å².